The first-order valence-electron chi connectivity index (χ1n) is 12.0. The van der Waals surface area contributed by atoms with Gasteiger partial charge in [0, 0.05) is 48.5 Å². The highest BCUT2D eigenvalue weighted by Gasteiger charge is 2.31. The number of hydrogen-bond acceptors (Lipinski definition) is 7. The van der Waals surface area contributed by atoms with E-state index in [-0.39, 0.29) is 5.92 Å². The molecule has 2 N–H and O–H groups in total. The summed E-state index contributed by atoms with van der Waals surface area (Å²) in [5.74, 6) is 1.22. The van der Waals surface area contributed by atoms with Gasteiger partial charge in [-0.2, -0.15) is 0 Å². The normalized spacial score (nSPS) is 18.8. The van der Waals surface area contributed by atoms with Gasteiger partial charge in [-0.05, 0) is 68.8 Å². The zero-order chi connectivity index (χ0) is 23.9. The van der Waals surface area contributed by atoms with Crippen LogP contribution in [0.5, 0.6) is 0 Å². The lowest BCUT2D eigenvalue weighted by Crippen LogP contribution is -2.45. The third-order valence-electron chi connectivity index (χ3n) is 6.86. The monoisotopic (exact) mass is 484 g/mol. The van der Waals surface area contributed by atoms with Crippen molar-refractivity contribution in [3.05, 3.63) is 52.8 Å². The van der Waals surface area contributed by atoms with Gasteiger partial charge in [0.25, 0.3) is 0 Å². The third kappa shape index (κ3) is 6.45. The van der Waals surface area contributed by atoms with Crippen molar-refractivity contribution in [2.45, 2.75) is 38.6 Å². The fourth-order valence-electron chi connectivity index (χ4n) is 4.89. The first-order valence-corrected chi connectivity index (χ1v) is 12.3. The molecule has 182 valence electrons. The van der Waals surface area contributed by atoms with Gasteiger partial charge < -0.3 is 15.5 Å². The Bertz CT molecular complexity index is 966. The van der Waals surface area contributed by atoms with E-state index in [4.69, 9.17) is 22.2 Å². The number of halogens is 1. The molecule has 2 fully saturated rings. The van der Waals surface area contributed by atoms with E-state index >= 15 is 0 Å². The Morgan fingerprint density at radius 3 is 2.35 bits per heavy atom. The molecule has 0 spiro atoms. The van der Waals surface area contributed by atoms with Gasteiger partial charge in [-0.3, -0.25) is 9.69 Å². The molecule has 1 amide bonds. The van der Waals surface area contributed by atoms with Crippen LogP contribution >= 0.6 is 11.6 Å². The molecule has 0 atom stereocenters. The lowest BCUT2D eigenvalue weighted by Gasteiger charge is -2.37. The molecule has 9 heteroatoms. The number of amides is 1. The Morgan fingerprint density at radius 1 is 1.09 bits per heavy atom. The average molecular weight is 485 g/mol. The quantitative estimate of drug-likeness (QED) is 0.476. The Balaban J connectivity index is 1.23. The van der Waals surface area contributed by atoms with Crippen molar-refractivity contribution >= 4 is 29.2 Å². The first-order chi connectivity index (χ1) is 16.5. The number of benzene rings is 1. The van der Waals surface area contributed by atoms with E-state index in [0.29, 0.717) is 22.8 Å². The van der Waals surface area contributed by atoms with E-state index in [2.05, 4.69) is 24.9 Å². The van der Waals surface area contributed by atoms with Gasteiger partial charge in [-0.15, -0.1) is 0 Å². The highest BCUT2D eigenvalue weighted by molar-refractivity contribution is 6.30. The number of oxime groups is 1. The van der Waals surface area contributed by atoms with Crippen molar-refractivity contribution in [3.63, 3.8) is 0 Å². The summed E-state index contributed by atoms with van der Waals surface area (Å²) in [6.07, 6.45) is 8.16. The molecule has 0 aliphatic carbocycles. The number of carbonyl (C=O) groups is 1. The zero-order valence-electron chi connectivity index (χ0n) is 19.7. The number of anilines is 1. The summed E-state index contributed by atoms with van der Waals surface area (Å²) in [5.41, 5.74) is 8.58. The minimum absolute atomic E-state index is 0.121. The maximum absolute atomic E-state index is 13.2. The van der Waals surface area contributed by atoms with E-state index in [9.17, 15) is 4.79 Å². The van der Waals surface area contributed by atoms with Crippen LogP contribution in [-0.4, -0.2) is 64.7 Å². The number of nitrogens with zero attached hydrogens (tertiary/aromatic N) is 5. The van der Waals surface area contributed by atoms with Crippen molar-refractivity contribution in [1.82, 2.24) is 19.8 Å². The third-order valence-corrected chi connectivity index (χ3v) is 7.11. The minimum Gasteiger partial charge on any atom is -0.399 e. The molecule has 4 rings (SSSR count). The molecular weight excluding hydrogens is 452 g/mol. The van der Waals surface area contributed by atoms with E-state index in [1.165, 1.54) is 0 Å². The topological polar surface area (TPSA) is 96.9 Å². The molecule has 0 unspecified atom stereocenters. The molecule has 0 bridgehead atoms. The summed E-state index contributed by atoms with van der Waals surface area (Å²) in [7, 11) is 1.58. The molecule has 1 aromatic heterocycles. The van der Waals surface area contributed by atoms with Crippen molar-refractivity contribution in [2.75, 3.05) is 39.0 Å². The Morgan fingerprint density at radius 2 is 1.74 bits per heavy atom. The summed E-state index contributed by atoms with van der Waals surface area (Å²) >= 11 is 6.02. The van der Waals surface area contributed by atoms with Gasteiger partial charge >= 0.3 is 0 Å². The second-order valence-corrected chi connectivity index (χ2v) is 9.64. The van der Waals surface area contributed by atoms with Crippen LogP contribution in [0.3, 0.4) is 0 Å². The second-order valence-electron chi connectivity index (χ2n) is 9.20. The number of hydrogen-bond donors (Lipinski definition) is 1. The van der Waals surface area contributed by atoms with E-state index in [0.717, 1.165) is 81.7 Å². The summed E-state index contributed by atoms with van der Waals surface area (Å²) in [5, 5.41) is 4.97. The van der Waals surface area contributed by atoms with E-state index in [1.54, 1.807) is 19.5 Å². The van der Waals surface area contributed by atoms with Crippen LogP contribution in [0, 0.1) is 11.8 Å². The molecule has 8 nitrogen and oxygen atoms in total. The highest BCUT2D eigenvalue weighted by atomic mass is 35.5. The van der Waals surface area contributed by atoms with E-state index < -0.39 is 0 Å². The molecule has 3 heterocycles. The molecule has 34 heavy (non-hydrogen) atoms. The standard InChI is InChI=1S/C25H33ClN6O2/c1-34-30-23(20-2-4-22(26)5-3-20)14-18-6-12-32(13-7-18)24(33)21-8-10-31(11-9-21)17-19-15-28-25(27)29-16-19/h2-5,15-16,18,21H,6-14,17H2,1H3,(H2,27,28,29). The van der Waals surface area contributed by atoms with Crippen LogP contribution in [0.15, 0.2) is 41.8 Å². The number of carbonyl (C=O) groups excluding carboxylic acids is 1. The number of rotatable bonds is 7. The zero-order valence-corrected chi connectivity index (χ0v) is 20.5. The number of piperidine rings is 2. The maximum atomic E-state index is 13.2. The Kier molecular flexibility index (Phi) is 8.34. The Hall–Kier alpha value is -2.71. The SMILES string of the molecule is CON=C(CC1CCN(C(=O)C2CCN(Cc3cnc(N)nc3)CC2)CC1)c1ccc(Cl)cc1. The maximum Gasteiger partial charge on any atom is 0.225 e. The predicted octanol–water partition coefficient (Wildman–Crippen LogP) is 3.60. The van der Waals surface area contributed by atoms with Crippen molar-refractivity contribution in [3.8, 4) is 0 Å². The summed E-state index contributed by atoms with van der Waals surface area (Å²) in [6, 6.07) is 7.70. The average Bonchev–Trinajstić information content (AvgIpc) is 2.86. The van der Waals surface area contributed by atoms with Gasteiger partial charge in [0.15, 0.2) is 0 Å². The van der Waals surface area contributed by atoms with Gasteiger partial charge in [0.1, 0.15) is 7.11 Å². The molecule has 2 aliphatic rings. The summed E-state index contributed by atoms with van der Waals surface area (Å²) in [6.45, 7) is 4.25. The largest absolute Gasteiger partial charge is 0.399 e. The number of nitrogens with two attached hydrogens (primary N) is 1. The molecule has 0 radical (unpaired) electrons. The first kappa shape index (κ1) is 24.4. The van der Waals surface area contributed by atoms with Crippen LogP contribution in [0.1, 0.15) is 43.2 Å². The molecular formula is C25H33ClN6O2. The fourth-order valence-corrected chi connectivity index (χ4v) is 5.02. The molecule has 0 saturated carbocycles. The number of aromatic nitrogens is 2. The molecule has 1 aromatic carbocycles. The molecule has 2 aliphatic heterocycles. The second kappa shape index (κ2) is 11.6. The predicted molar refractivity (Wildman–Crippen MR) is 133 cm³/mol. The number of likely N-dealkylation sites (tertiary alicyclic amines) is 2. The van der Waals surface area contributed by atoms with Crippen LogP contribution < -0.4 is 5.73 Å². The Labute approximate surface area is 206 Å². The molecule has 2 aromatic rings. The lowest BCUT2D eigenvalue weighted by molar-refractivity contribution is -0.138. The van der Waals surface area contributed by atoms with Gasteiger partial charge in [-0.1, -0.05) is 28.9 Å². The van der Waals surface area contributed by atoms with Crippen LogP contribution in [0.25, 0.3) is 0 Å². The molecule has 2 saturated heterocycles. The lowest BCUT2D eigenvalue weighted by atomic mass is 9.88. The highest BCUT2D eigenvalue weighted by Crippen LogP contribution is 2.27. The number of nitrogen functional groups attached to an aromatic ring is 1. The van der Waals surface area contributed by atoms with E-state index in [1.807, 2.05) is 24.3 Å². The van der Waals surface area contributed by atoms with Crippen molar-refractivity contribution in [2.24, 2.45) is 17.0 Å². The van der Waals surface area contributed by atoms with Gasteiger partial charge in [-0.25, -0.2) is 9.97 Å². The van der Waals surface area contributed by atoms with Gasteiger partial charge in [0.2, 0.25) is 11.9 Å². The van der Waals surface area contributed by atoms with Gasteiger partial charge in [0.05, 0.1) is 5.71 Å². The van der Waals surface area contributed by atoms with Crippen LogP contribution in [0.2, 0.25) is 5.02 Å². The minimum atomic E-state index is 0.121. The van der Waals surface area contributed by atoms with Crippen LogP contribution in [-0.2, 0) is 16.2 Å². The summed E-state index contributed by atoms with van der Waals surface area (Å²) in [4.78, 5) is 30.8. The smallest absolute Gasteiger partial charge is 0.225 e. The van der Waals surface area contributed by atoms with Crippen molar-refractivity contribution in [1.29, 1.82) is 0 Å². The summed E-state index contributed by atoms with van der Waals surface area (Å²) < 4.78 is 0. The van der Waals surface area contributed by atoms with Crippen LogP contribution in [0.4, 0.5) is 5.95 Å². The van der Waals surface area contributed by atoms with Crippen molar-refractivity contribution < 1.29 is 9.63 Å². The fraction of sp³-hybridized carbons (Fsp3) is 0.520.